The minimum Gasteiger partial charge on any atom is -0.494 e. The highest BCUT2D eigenvalue weighted by molar-refractivity contribution is 6.32. The van der Waals surface area contributed by atoms with E-state index < -0.39 is 0 Å². The lowest BCUT2D eigenvalue weighted by atomic mass is 9.85. The van der Waals surface area contributed by atoms with Crippen LogP contribution in [0.3, 0.4) is 0 Å². The Morgan fingerprint density at radius 3 is 2.71 bits per heavy atom. The van der Waals surface area contributed by atoms with Crippen LogP contribution >= 0.6 is 11.6 Å². The Kier molecular flexibility index (Phi) is 7.99. The van der Waals surface area contributed by atoms with Crippen LogP contribution in [0.5, 0.6) is 11.5 Å². The number of pyridine rings is 1. The fraction of sp³-hybridized carbons (Fsp3) is 0.464. The summed E-state index contributed by atoms with van der Waals surface area (Å²) < 4.78 is 11.6. The predicted octanol–water partition coefficient (Wildman–Crippen LogP) is 3.77. The first-order valence-corrected chi connectivity index (χ1v) is 13.4. The number of rotatable bonds is 9. The number of likely N-dealkylation sites (N-methyl/N-ethyl adjacent to an activating group) is 1. The smallest absolute Gasteiger partial charge is 0.227 e. The van der Waals surface area contributed by atoms with Gasteiger partial charge >= 0.3 is 0 Å². The van der Waals surface area contributed by atoms with Crippen LogP contribution < -0.4 is 14.8 Å². The average molecular weight is 539 g/mol. The van der Waals surface area contributed by atoms with Crippen LogP contribution in [0.15, 0.2) is 36.7 Å². The molecule has 3 aromatic rings. The molecule has 1 atom stereocenters. The van der Waals surface area contributed by atoms with Gasteiger partial charge in [0.2, 0.25) is 5.95 Å². The number of piperazine rings is 1. The summed E-state index contributed by atoms with van der Waals surface area (Å²) in [7, 11) is 3.75. The molecule has 2 N–H and O–H groups in total. The van der Waals surface area contributed by atoms with E-state index in [4.69, 9.17) is 26.1 Å². The molecule has 3 heterocycles. The van der Waals surface area contributed by atoms with E-state index in [1.54, 1.807) is 25.4 Å². The molecule has 0 amide bonds. The SMILES string of the molecule is COc1cc(OCCN2CCN(C)CC2)c(Cl)cc1Nc1nccc(-c2cnc3c(c2)C(C)(CO)CC3)n1. The number of methoxy groups -OCH3 is 1. The largest absolute Gasteiger partial charge is 0.494 e. The molecule has 0 radical (unpaired) electrons. The lowest BCUT2D eigenvalue weighted by Gasteiger charge is -2.32. The van der Waals surface area contributed by atoms with Gasteiger partial charge in [-0.05, 0) is 43.7 Å². The molecular formula is C28H35ClN6O3. The highest BCUT2D eigenvalue weighted by atomic mass is 35.5. The number of aryl methyl sites for hydroxylation is 1. The Balaban J connectivity index is 1.29. The third kappa shape index (κ3) is 5.71. The summed E-state index contributed by atoms with van der Waals surface area (Å²) in [6.07, 6.45) is 5.30. The maximum Gasteiger partial charge on any atom is 0.227 e. The van der Waals surface area contributed by atoms with Gasteiger partial charge in [0.1, 0.15) is 18.1 Å². The van der Waals surface area contributed by atoms with E-state index in [1.165, 1.54) is 0 Å². The van der Waals surface area contributed by atoms with Gasteiger partial charge in [-0.3, -0.25) is 9.88 Å². The molecule has 0 spiro atoms. The number of halogens is 1. The number of anilines is 2. The van der Waals surface area contributed by atoms with Crippen molar-refractivity contribution in [1.29, 1.82) is 0 Å². The number of benzene rings is 1. The zero-order chi connectivity index (χ0) is 26.7. The van der Waals surface area contributed by atoms with E-state index in [0.717, 1.165) is 68.1 Å². The molecule has 1 fully saturated rings. The Bertz CT molecular complexity index is 1280. The van der Waals surface area contributed by atoms with Crippen LogP contribution in [-0.4, -0.2) is 90.0 Å². The number of nitrogens with one attached hydrogen (secondary N) is 1. The molecule has 5 rings (SSSR count). The Labute approximate surface area is 228 Å². The summed E-state index contributed by atoms with van der Waals surface area (Å²) >= 11 is 6.58. The number of ether oxygens (including phenoxy) is 2. The topological polar surface area (TPSA) is 95.9 Å². The van der Waals surface area contributed by atoms with E-state index in [-0.39, 0.29) is 12.0 Å². The zero-order valence-electron chi connectivity index (χ0n) is 22.2. The van der Waals surface area contributed by atoms with Crippen LogP contribution in [-0.2, 0) is 11.8 Å². The molecule has 9 nitrogen and oxygen atoms in total. The van der Waals surface area contributed by atoms with Crippen molar-refractivity contribution in [1.82, 2.24) is 24.8 Å². The summed E-state index contributed by atoms with van der Waals surface area (Å²) in [5, 5.41) is 13.7. The minimum absolute atomic E-state index is 0.0951. The summed E-state index contributed by atoms with van der Waals surface area (Å²) in [5.41, 5.74) is 4.11. The van der Waals surface area contributed by atoms with Crippen molar-refractivity contribution < 1.29 is 14.6 Å². The second-order valence-electron chi connectivity index (χ2n) is 10.3. The van der Waals surface area contributed by atoms with E-state index in [2.05, 4.69) is 45.1 Å². The van der Waals surface area contributed by atoms with Crippen molar-refractivity contribution in [3.8, 4) is 22.8 Å². The van der Waals surface area contributed by atoms with Gasteiger partial charge in [0.25, 0.3) is 0 Å². The highest BCUT2D eigenvalue weighted by Crippen LogP contribution is 2.40. The number of nitrogens with zero attached hydrogens (tertiary/aromatic N) is 5. The van der Waals surface area contributed by atoms with Crippen LogP contribution in [0.25, 0.3) is 11.3 Å². The Morgan fingerprint density at radius 2 is 1.95 bits per heavy atom. The van der Waals surface area contributed by atoms with Crippen LogP contribution in [0, 0.1) is 0 Å². The number of aromatic nitrogens is 3. The first-order chi connectivity index (χ1) is 18.4. The third-order valence-corrected chi connectivity index (χ3v) is 7.89. The van der Waals surface area contributed by atoms with Crippen molar-refractivity contribution in [2.24, 2.45) is 0 Å². The van der Waals surface area contributed by atoms with Gasteiger partial charge in [0, 0.05) is 67.9 Å². The minimum atomic E-state index is -0.273. The maximum atomic E-state index is 9.95. The van der Waals surface area contributed by atoms with Gasteiger partial charge in [0.15, 0.2) is 0 Å². The molecular weight excluding hydrogens is 504 g/mol. The molecule has 1 aromatic carbocycles. The van der Waals surface area contributed by atoms with Gasteiger partial charge in [-0.15, -0.1) is 0 Å². The normalized spacial score (nSPS) is 19.8. The van der Waals surface area contributed by atoms with Gasteiger partial charge in [-0.25, -0.2) is 9.97 Å². The van der Waals surface area contributed by atoms with E-state index in [0.29, 0.717) is 34.8 Å². The number of hydrogen-bond acceptors (Lipinski definition) is 9. The fourth-order valence-electron chi connectivity index (χ4n) is 5.02. The zero-order valence-corrected chi connectivity index (χ0v) is 23.0. The molecule has 0 bridgehead atoms. The third-order valence-electron chi connectivity index (χ3n) is 7.60. The quantitative estimate of drug-likeness (QED) is 0.422. The summed E-state index contributed by atoms with van der Waals surface area (Å²) in [4.78, 5) is 18.5. The van der Waals surface area contributed by atoms with E-state index in [9.17, 15) is 5.11 Å². The lowest BCUT2D eigenvalue weighted by molar-refractivity contribution is 0.133. The van der Waals surface area contributed by atoms with Gasteiger partial charge < -0.3 is 24.8 Å². The highest BCUT2D eigenvalue weighted by Gasteiger charge is 2.35. The molecule has 1 aliphatic heterocycles. The van der Waals surface area contributed by atoms with Crippen molar-refractivity contribution in [3.63, 3.8) is 0 Å². The summed E-state index contributed by atoms with van der Waals surface area (Å²) in [6, 6.07) is 7.49. The molecule has 38 heavy (non-hydrogen) atoms. The van der Waals surface area contributed by atoms with Crippen LogP contribution in [0.1, 0.15) is 24.6 Å². The summed E-state index contributed by atoms with van der Waals surface area (Å²) in [5.74, 6) is 1.57. The Morgan fingerprint density at radius 1 is 1.13 bits per heavy atom. The average Bonchev–Trinajstić information content (AvgIpc) is 3.27. The number of aliphatic hydroxyl groups is 1. The molecule has 2 aromatic heterocycles. The number of fused-ring (bicyclic) bond motifs is 1. The van der Waals surface area contributed by atoms with Crippen LogP contribution in [0.4, 0.5) is 11.6 Å². The van der Waals surface area contributed by atoms with E-state index in [1.807, 2.05) is 12.3 Å². The lowest BCUT2D eigenvalue weighted by Crippen LogP contribution is -2.45. The predicted molar refractivity (Wildman–Crippen MR) is 149 cm³/mol. The van der Waals surface area contributed by atoms with Crippen molar-refractivity contribution in [3.05, 3.63) is 52.9 Å². The van der Waals surface area contributed by atoms with Gasteiger partial charge in [0.05, 0.1) is 30.1 Å². The first-order valence-electron chi connectivity index (χ1n) is 13.0. The summed E-state index contributed by atoms with van der Waals surface area (Å²) in [6.45, 7) is 7.80. The monoisotopic (exact) mass is 538 g/mol. The first kappa shape index (κ1) is 26.6. The standard InChI is InChI=1S/C28H35ClN6O3/c1-28(18-36)6-4-23-20(28)14-19(17-31-23)22-5-7-30-27(32-22)33-24-15-21(29)25(16-26(24)37-3)38-13-12-35-10-8-34(2)9-11-35/h5,7,14-17,36H,4,6,8-13,18H2,1-3H3,(H,30,32,33). The number of aliphatic hydroxyl groups excluding tert-OH is 1. The molecule has 1 aliphatic carbocycles. The van der Waals surface area contributed by atoms with Crippen LogP contribution in [0.2, 0.25) is 5.02 Å². The Hall–Kier alpha value is -2.98. The second-order valence-corrected chi connectivity index (χ2v) is 10.7. The van der Waals surface area contributed by atoms with Crippen molar-refractivity contribution >= 4 is 23.2 Å². The van der Waals surface area contributed by atoms with Gasteiger partial charge in [-0.1, -0.05) is 18.5 Å². The molecule has 10 heteroatoms. The second kappa shape index (κ2) is 11.4. The van der Waals surface area contributed by atoms with Crippen molar-refractivity contribution in [2.75, 3.05) is 65.4 Å². The maximum absolute atomic E-state index is 9.95. The molecule has 2 aliphatic rings. The molecule has 0 saturated carbocycles. The van der Waals surface area contributed by atoms with E-state index >= 15 is 0 Å². The number of hydrogen-bond donors (Lipinski definition) is 2. The van der Waals surface area contributed by atoms with Crippen molar-refractivity contribution in [2.45, 2.75) is 25.2 Å². The molecule has 1 saturated heterocycles. The van der Waals surface area contributed by atoms with Gasteiger partial charge in [-0.2, -0.15) is 0 Å². The fourth-order valence-corrected chi connectivity index (χ4v) is 5.23. The molecule has 202 valence electrons. The molecule has 1 unspecified atom stereocenters.